The van der Waals surface area contributed by atoms with Gasteiger partial charge in [-0.2, -0.15) is 0 Å². The molecule has 0 radical (unpaired) electrons. The maximum atomic E-state index is 13.1. The highest BCUT2D eigenvalue weighted by molar-refractivity contribution is 8.23. The Hall–Kier alpha value is -3.16. The van der Waals surface area contributed by atoms with Crippen molar-refractivity contribution in [3.8, 4) is 0 Å². The zero-order chi connectivity index (χ0) is 29.9. The smallest absolute Gasteiger partial charge is 0.231 e. The van der Waals surface area contributed by atoms with Crippen molar-refractivity contribution in [2.45, 2.75) is 42.6 Å². The van der Waals surface area contributed by atoms with Gasteiger partial charge in [0.1, 0.15) is 4.32 Å². The molecule has 1 aliphatic heterocycles. The number of unbranched alkanes of at least 4 members (excludes halogenated alkanes) is 1. The Labute approximate surface area is 269 Å². The van der Waals surface area contributed by atoms with E-state index in [1.807, 2.05) is 36.0 Å². The number of hydrogen-bond acceptors (Lipinski definition) is 5. The van der Waals surface area contributed by atoms with Crippen LogP contribution in [0.3, 0.4) is 0 Å². The molecule has 1 N–H and O–H groups in total. The first-order valence-electron chi connectivity index (χ1n) is 14.8. The fourth-order valence-corrected chi connectivity index (χ4v) is 8.57. The molecular weight excluding hydrogens is 587 g/mol. The van der Waals surface area contributed by atoms with E-state index >= 15 is 0 Å². The van der Waals surface area contributed by atoms with Crippen LogP contribution < -0.4 is 0 Å². The summed E-state index contributed by atoms with van der Waals surface area (Å²) in [5.41, 5.74) is 4.95. The highest BCUT2D eigenvalue weighted by Crippen LogP contribution is 2.48. The Morgan fingerprint density at radius 3 is 1.93 bits per heavy atom. The van der Waals surface area contributed by atoms with E-state index in [1.54, 1.807) is 22.7 Å². The third-order valence-electron chi connectivity index (χ3n) is 7.66. The maximum Gasteiger partial charge on any atom is 0.231 e. The Morgan fingerprint density at radius 2 is 1.40 bits per heavy atom. The summed E-state index contributed by atoms with van der Waals surface area (Å²) in [5, 5.41) is 10.7. The molecule has 6 heteroatoms. The van der Waals surface area contributed by atoms with E-state index in [0.29, 0.717) is 4.32 Å². The van der Waals surface area contributed by atoms with Gasteiger partial charge in [0.25, 0.3) is 0 Å². The standard InChI is InChI=1S/C37H37NO2S3/c39-34(27-35(40)38-33(28-42-36(38)41)26-29-16-6-1-7-17-29)24-14-5-15-25-43-37(30-18-8-2-9-19-30,31-20-10-3-11-21-31)32-22-12-4-13-23-32/h1-4,6-14,16-24,33-34,39H,5,15,25-28H2/b24-14+/t33-,34-/m1/s1. The molecule has 4 aromatic carbocycles. The van der Waals surface area contributed by atoms with Crippen LogP contribution in [-0.2, 0) is 16.0 Å². The molecule has 0 spiro atoms. The second-order valence-corrected chi connectivity index (χ2v) is 13.6. The van der Waals surface area contributed by atoms with Crippen LogP contribution in [0, 0.1) is 0 Å². The summed E-state index contributed by atoms with van der Waals surface area (Å²) in [6, 6.07) is 42.4. The number of benzene rings is 4. The number of allylic oxidation sites excluding steroid dienone is 1. The van der Waals surface area contributed by atoms with Gasteiger partial charge in [0.05, 0.1) is 23.3 Å². The van der Waals surface area contributed by atoms with E-state index in [1.165, 1.54) is 22.3 Å². The van der Waals surface area contributed by atoms with Gasteiger partial charge in [-0.1, -0.05) is 157 Å². The minimum atomic E-state index is -0.831. The van der Waals surface area contributed by atoms with Gasteiger partial charge in [-0.05, 0) is 47.3 Å². The number of rotatable bonds is 13. The molecule has 0 bridgehead atoms. The van der Waals surface area contributed by atoms with Crippen molar-refractivity contribution in [2.24, 2.45) is 0 Å². The van der Waals surface area contributed by atoms with E-state index < -0.39 is 6.10 Å². The molecule has 1 fully saturated rings. The topological polar surface area (TPSA) is 40.5 Å². The third kappa shape index (κ3) is 7.87. The molecule has 3 nitrogen and oxygen atoms in total. The molecule has 1 heterocycles. The summed E-state index contributed by atoms with van der Waals surface area (Å²) in [6.07, 6.45) is 5.51. The van der Waals surface area contributed by atoms with Crippen LogP contribution in [0.5, 0.6) is 0 Å². The largest absolute Gasteiger partial charge is 0.389 e. The molecule has 0 unspecified atom stereocenters. The quantitative estimate of drug-likeness (QED) is 0.0703. The summed E-state index contributed by atoms with van der Waals surface area (Å²) < 4.78 is 0.278. The molecule has 1 saturated heterocycles. The van der Waals surface area contributed by atoms with Gasteiger partial charge in [0.2, 0.25) is 5.91 Å². The molecule has 0 aliphatic carbocycles. The van der Waals surface area contributed by atoms with Crippen LogP contribution in [0.25, 0.3) is 0 Å². The predicted octanol–water partition coefficient (Wildman–Crippen LogP) is 8.27. The summed E-state index contributed by atoms with van der Waals surface area (Å²) in [6.45, 7) is 0. The molecule has 1 amide bonds. The molecule has 4 aromatic rings. The first kappa shape index (κ1) is 31.3. The predicted molar refractivity (Wildman–Crippen MR) is 186 cm³/mol. The third-order valence-corrected chi connectivity index (χ3v) is 10.8. The van der Waals surface area contributed by atoms with Gasteiger partial charge in [-0.25, -0.2) is 0 Å². The van der Waals surface area contributed by atoms with E-state index in [-0.39, 0.29) is 23.1 Å². The number of aliphatic hydroxyl groups excluding tert-OH is 1. The first-order chi connectivity index (χ1) is 21.1. The zero-order valence-corrected chi connectivity index (χ0v) is 26.6. The lowest BCUT2D eigenvalue weighted by atomic mass is 9.84. The summed E-state index contributed by atoms with van der Waals surface area (Å²) in [4.78, 5) is 14.9. The zero-order valence-electron chi connectivity index (χ0n) is 24.1. The number of carbonyl (C=O) groups is 1. The number of thioether (sulfide) groups is 2. The highest BCUT2D eigenvalue weighted by atomic mass is 32.2. The van der Waals surface area contributed by atoms with Gasteiger partial charge in [-0.3, -0.25) is 9.69 Å². The number of thiocarbonyl (C=S) groups is 1. The maximum absolute atomic E-state index is 13.1. The molecule has 43 heavy (non-hydrogen) atoms. The second-order valence-electron chi connectivity index (χ2n) is 10.7. The molecule has 220 valence electrons. The highest BCUT2D eigenvalue weighted by Gasteiger charge is 2.37. The average Bonchev–Trinajstić information content (AvgIpc) is 3.42. The molecule has 5 rings (SSSR count). The van der Waals surface area contributed by atoms with Crippen molar-refractivity contribution in [2.75, 3.05) is 11.5 Å². The molecular formula is C37H37NO2S3. The first-order valence-corrected chi connectivity index (χ1v) is 17.1. The Balaban J connectivity index is 1.19. The summed E-state index contributed by atoms with van der Waals surface area (Å²) >= 11 is 8.99. The number of amides is 1. The van der Waals surface area contributed by atoms with Crippen LogP contribution in [-0.4, -0.2) is 43.9 Å². The number of hydrogen-bond donors (Lipinski definition) is 1. The lowest BCUT2D eigenvalue weighted by Gasteiger charge is -2.35. The van der Waals surface area contributed by atoms with Crippen molar-refractivity contribution >= 4 is 46.0 Å². The average molecular weight is 624 g/mol. The Kier molecular flexibility index (Phi) is 11.3. The summed E-state index contributed by atoms with van der Waals surface area (Å²) in [5.74, 6) is 1.61. The van der Waals surface area contributed by atoms with Gasteiger partial charge in [-0.15, -0.1) is 11.8 Å². The minimum Gasteiger partial charge on any atom is -0.389 e. The number of aliphatic hydroxyl groups is 1. The fraction of sp³-hybridized carbons (Fsp3) is 0.243. The van der Waals surface area contributed by atoms with E-state index in [4.69, 9.17) is 12.2 Å². The second kappa shape index (κ2) is 15.5. The Bertz CT molecular complexity index is 1380. The minimum absolute atomic E-state index is 0.0275. The van der Waals surface area contributed by atoms with Crippen molar-refractivity contribution in [1.82, 2.24) is 4.90 Å². The van der Waals surface area contributed by atoms with Crippen molar-refractivity contribution in [3.05, 3.63) is 156 Å². The van der Waals surface area contributed by atoms with Crippen LogP contribution in [0.15, 0.2) is 133 Å². The van der Waals surface area contributed by atoms with Crippen LogP contribution in [0.4, 0.5) is 0 Å². The lowest BCUT2D eigenvalue weighted by Crippen LogP contribution is -2.41. The number of carbonyl (C=O) groups excluding carboxylic acids is 1. The van der Waals surface area contributed by atoms with Crippen molar-refractivity contribution in [3.63, 3.8) is 0 Å². The monoisotopic (exact) mass is 623 g/mol. The van der Waals surface area contributed by atoms with Gasteiger partial charge >= 0.3 is 0 Å². The molecule has 1 aliphatic rings. The Morgan fingerprint density at radius 1 is 0.884 bits per heavy atom. The van der Waals surface area contributed by atoms with E-state index in [9.17, 15) is 9.90 Å². The van der Waals surface area contributed by atoms with Crippen molar-refractivity contribution < 1.29 is 9.90 Å². The lowest BCUT2D eigenvalue weighted by molar-refractivity contribution is -0.129. The van der Waals surface area contributed by atoms with Gasteiger partial charge in [0.15, 0.2) is 0 Å². The fourth-order valence-electron chi connectivity index (χ4n) is 5.60. The molecule has 0 aromatic heterocycles. The SMILES string of the molecule is O=C(C[C@H](O)/C=C/CCCSC(c1ccccc1)(c1ccccc1)c1ccccc1)N1C(=S)SC[C@H]1Cc1ccccc1. The summed E-state index contributed by atoms with van der Waals surface area (Å²) in [7, 11) is 0. The van der Waals surface area contributed by atoms with Gasteiger partial charge in [0, 0.05) is 5.75 Å². The molecule has 2 atom stereocenters. The van der Waals surface area contributed by atoms with Gasteiger partial charge < -0.3 is 5.11 Å². The van der Waals surface area contributed by atoms with Crippen LogP contribution in [0.2, 0.25) is 0 Å². The number of nitrogens with zero attached hydrogens (tertiary/aromatic N) is 1. The normalized spacial score (nSPS) is 16.1. The van der Waals surface area contributed by atoms with Crippen molar-refractivity contribution in [1.29, 1.82) is 0 Å². The van der Waals surface area contributed by atoms with Crippen LogP contribution >= 0.6 is 35.7 Å². The molecule has 0 saturated carbocycles. The van der Waals surface area contributed by atoms with E-state index in [2.05, 4.69) is 103 Å². The van der Waals surface area contributed by atoms with Crippen LogP contribution in [0.1, 0.15) is 41.5 Å². The van der Waals surface area contributed by atoms with E-state index in [0.717, 1.165) is 30.8 Å².